The second-order valence-electron chi connectivity index (χ2n) is 3.97. The Morgan fingerprint density at radius 2 is 2.00 bits per heavy atom. The van der Waals surface area contributed by atoms with Gasteiger partial charge in [-0.3, -0.25) is 4.98 Å². The molecule has 1 heterocycles. The van der Waals surface area contributed by atoms with E-state index < -0.39 is 0 Å². The number of hydrogen-bond acceptors (Lipinski definition) is 2. The highest BCUT2D eigenvalue weighted by Crippen LogP contribution is 2.30. The molecule has 15 heavy (non-hydrogen) atoms. The Labute approximate surface area is 89.9 Å². The zero-order valence-corrected chi connectivity index (χ0v) is 9.32. The number of ether oxygens (including phenoxy) is 1. The fourth-order valence-corrected chi connectivity index (χ4v) is 1.76. The number of benzene rings is 1. The Kier molecular flexibility index (Phi) is 2.58. The summed E-state index contributed by atoms with van der Waals surface area (Å²) in [5.41, 5.74) is 1.25. The van der Waals surface area contributed by atoms with Crippen LogP contribution in [0.4, 0.5) is 0 Å². The number of pyridine rings is 1. The van der Waals surface area contributed by atoms with Gasteiger partial charge in [-0.25, -0.2) is 0 Å². The molecule has 1 aromatic heterocycles. The van der Waals surface area contributed by atoms with Gasteiger partial charge in [0.05, 0.1) is 7.11 Å². The van der Waals surface area contributed by atoms with E-state index in [9.17, 15) is 0 Å². The Hall–Kier alpha value is -1.57. The third kappa shape index (κ3) is 1.80. The topological polar surface area (TPSA) is 22.1 Å². The van der Waals surface area contributed by atoms with Crippen LogP contribution >= 0.6 is 0 Å². The van der Waals surface area contributed by atoms with Crippen LogP contribution in [0.2, 0.25) is 0 Å². The van der Waals surface area contributed by atoms with Crippen LogP contribution in [0.3, 0.4) is 0 Å². The Morgan fingerprint density at radius 3 is 2.67 bits per heavy atom. The van der Waals surface area contributed by atoms with Gasteiger partial charge in [0.15, 0.2) is 0 Å². The molecule has 0 radical (unpaired) electrons. The van der Waals surface area contributed by atoms with Crippen molar-refractivity contribution in [1.29, 1.82) is 0 Å². The van der Waals surface area contributed by atoms with Crippen LogP contribution in [0.15, 0.2) is 30.6 Å². The van der Waals surface area contributed by atoms with Crippen LogP contribution < -0.4 is 4.74 Å². The Morgan fingerprint density at radius 1 is 1.20 bits per heavy atom. The summed E-state index contributed by atoms with van der Waals surface area (Å²) in [5, 5.41) is 2.34. The van der Waals surface area contributed by atoms with E-state index in [1.54, 1.807) is 7.11 Å². The van der Waals surface area contributed by atoms with E-state index in [0.29, 0.717) is 5.92 Å². The quantitative estimate of drug-likeness (QED) is 0.743. The van der Waals surface area contributed by atoms with Crippen LogP contribution in [-0.2, 0) is 0 Å². The van der Waals surface area contributed by atoms with Gasteiger partial charge in [0, 0.05) is 17.8 Å². The zero-order chi connectivity index (χ0) is 10.8. The maximum absolute atomic E-state index is 5.39. The number of nitrogens with zero attached hydrogens (tertiary/aromatic N) is 1. The lowest BCUT2D eigenvalue weighted by Crippen LogP contribution is -1.94. The van der Waals surface area contributed by atoms with E-state index in [-0.39, 0.29) is 0 Å². The highest BCUT2D eigenvalue weighted by atomic mass is 16.5. The van der Waals surface area contributed by atoms with Gasteiger partial charge in [-0.05, 0) is 35.1 Å². The molecule has 2 heteroatoms. The molecule has 2 nitrogen and oxygen atoms in total. The molecule has 0 atom stereocenters. The Balaban J connectivity index is 2.69. The second-order valence-corrected chi connectivity index (χ2v) is 3.97. The van der Waals surface area contributed by atoms with E-state index in [4.69, 9.17) is 4.74 Å². The molecule has 0 aliphatic carbocycles. The van der Waals surface area contributed by atoms with Crippen LogP contribution in [0.1, 0.15) is 25.3 Å². The predicted octanol–water partition coefficient (Wildman–Crippen LogP) is 3.37. The van der Waals surface area contributed by atoms with Crippen molar-refractivity contribution < 1.29 is 4.74 Å². The van der Waals surface area contributed by atoms with E-state index in [1.165, 1.54) is 10.9 Å². The van der Waals surface area contributed by atoms with Gasteiger partial charge in [0.1, 0.15) is 5.75 Å². The average molecular weight is 201 g/mol. The van der Waals surface area contributed by atoms with Gasteiger partial charge in [-0.15, -0.1) is 0 Å². The van der Waals surface area contributed by atoms with E-state index >= 15 is 0 Å². The van der Waals surface area contributed by atoms with Crippen molar-refractivity contribution in [2.75, 3.05) is 7.11 Å². The number of methoxy groups -OCH3 is 1. The molecule has 0 bridgehead atoms. The van der Waals surface area contributed by atoms with Crippen molar-refractivity contribution >= 4 is 10.8 Å². The summed E-state index contributed by atoms with van der Waals surface area (Å²) in [7, 11) is 1.71. The average Bonchev–Trinajstić information content (AvgIpc) is 2.27. The SMILES string of the molecule is COc1cc2cnccc2cc1C(C)C. The number of rotatable bonds is 2. The lowest BCUT2D eigenvalue weighted by Gasteiger charge is -2.12. The monoisotopic (exact) mass is 201 g/mol. The summed E-state index contributed by atoms with van der Waals surface area (Å²) in [4.78, 5) is 4.11. The maximum atomic E-state index is 5.39. The van der Waals surface area contributed by atoms with Crippen LogP contribution in [0, 0.1) is 0 Å². The first-order valence-electron chi connectivity index (χ1n) is 5.14. The summed E-state index contributed by atoms with van der Waals surface area (Å²) in [6, 6.07) is 6.26. The lowest BCUT2D eigenvalue weighted by atomic mass is 9.99. The lowest BCUT2D eigenvalue weighted by molar-refractivity contribution is 0.408. The summed E-state index contributed by atoms with van der Waals surface area (Å²) in [6.45, 7) is 4.34. The van der Waals surface area contributed by atoms with Crippen LogP contribution in [0.5, 0.6) is 5.75 Å². The third-order valence-corrected chi connectivity index (χ3v) is 2.61. The molecular formula is C13H15NO. The fraction of sp³-hybridized carbons (Fsp3) is 0.308. The van der Waals surface area contributed by atoms with Crippen molar-refractivity contribution in [2.45, 2.75) is 19.8 Å². The standard InChI is InChI=1S/C13H15NO/c1-9(2)12-6-10-4-5-14-8-11(10)7-13(12)15-3/h4-9H,1-3H3. The van der Waals surface area contributed by atoms with Crippen LogP contribution in [-0.4, -0.2) is 12.1 Å². The van der Waals surface area contributed by atoms with E-state index in [2.05, 4.69) is 31.0 Å². The first kappa shape index (κ1) is 9.97. The largest absolute Gasteiger partial charge is 0.496 e. The molecule has 1 aromatic carbocycles. The van der Waals surface area contributed by atoms with Gasteiger partial charge in [0.2, 0.25) is 0 Å². The molecule has 0 saturated heterocycles. The molecule has 2 aromatic rings. The van der Waals surface area contributed by atoms with Gasteiger partial charge in [-0.1, -0.05) is 13.8 Å². The molecule has 0 saturated carbocycles. The minimum atomic E-state index is 0.470. The van der Waals surface area contributed by atoms with Gasteiger partial charge in [0.25, 0.3) is 0 Å². The molecule has 0 unspecified atom stereocenters. The second kappa shape index (κ2) is 3.89. The predicted molar refractivity (Wildman–Crippen MR) is 62.4 cm³/mol. The first-order chi connectivity index (χ1) is 7.22. The molecule has 0 spiro atoms. The summed E-state index contributed by atoms with van der Waals surface area (Å²) < 4.78 is 5.39. The zero-order valence-electron chi connectivity index (χ0n) is 9.32. The smallest absolute Gasteiger partial charge is 0.123 e. The third-order valence-electron chi connectivity index (χ3n) is 2.61. The van der Waals surface area contributed by atoms with Crippen molar-refractivity contribution in [3.05, 3.63) is 36.2 Å². The van der Waals surface area contributed by atoms with Crippen molar-refractivity contribution in [2.24, 2.45) is 0 Å². The molecule has 2 rings (SSSR count). The van der Waals surface area contributed by atoms with E-state index in [1.807, 2.05) is 18.5 Å². The fourth-order valence-electron chi connectivity index (χ4n) is 1.76. The Bertz CT molecular complexity index is 477. The normalized spacial score (nSPS) is 10.9. The van der Waals surface area contributed by atoms with E-state index in [0.717, 1.165) is 11.1 Å². The molecular weight excluding hydrogens is 186 g/mol. The van der Waals surface area contributed by atoms with Crippen molar-refractivity contribution in [3.8, 4) is 5.75 Å². The van der Waals surface area contributed by atoms with Gasteiger partial charge in [-0.2, -0.15) is 0 Å². The summed E-state index contributed by atoms with van der Waals surface area (Å²) in [5.74, 6) is 1.42. The van der Waals surface area contributed by atoms with Gasteiger partial charge < -0.3 is 4.74 Å². The highest BCUT2D eigenvalue weighted by Gasteiger charge is 2.08. The minimum absolute atomic E-state index is 0.470. The number of aromatic nitrogens is 1. The molecule has 0 aliphatic rings. The number of hydrogen-bond donors (Lipinski definition) is 0. The first-order valence-corrected chi connectivity index (χ1v) is 5.14. The molecule has 0 amide bonds. The molecule has 78 valence electrons. The molecule has 0 aliphatic heterocycles. The summed E-state index contributed by atoms with van der Waals surface area (Å²) in [6.07, 6.45) is 3.68. The highest BCUT2D eigenvalue weighted by molar-refractivity contribution is 5.84. The molecule has 0 N–H and O–H groups in total. The van der Waals surface area contributed by atoms with Crippen molar-refractivity contribution in [3.63, 3.8) is 0 Å². The maximum Gasteiger partial charge on any atom is 0.123 e. The summed E-state index contributed by atoms with van der Waals surface area (Å²) >= 11 is 0. The van der Waals surface area contributed by atoms with Gasteiger partial charge >= 0.3 is 0 Å². The minimum Gasteiger partial charge on any atom is -0.496 e. The van der Waals surface area contributed by atoms with Crippen LogP contribution in [0.25, 0.3) is 10.8 Å². The molecule has 0 fully saturated rings. The number of fused-ring (bicyclic) bond motifs is 1. The van der Waals surface area contributed by atoms with Crippen molar-refractivity contribution in [1.82, 2.24) is 4.98 Å².